The predicted octanol–water partition coefficient (Wildman–Crippen LogP) is 3.84. The van der Waals surface area contributed by atoms with Gasteiger partial charge < -0.3 is 4.57 Å². The van der Waals surface area contributed by atoms with Crippen LogP contribution < -0.4 is 5.43 Å². The van der Waals surface area contributed by atoms with Crippen LogP contribution in [0.2, 0.25) is 0 Å². The van der Waals surface area contributed by atoms with Crippen molar-refractivity contribution in [1.82, 2.24) is 4.57 Å². The number of benzene rings is 2. The molecule has 1 aromatic heterocycles. The Labute approximate surface area is 133 Å². The van der Waals surface area contributed by atoms with Crippen molar-refractivity contribution in [2.24, 2.45) is 12.1 Å². The fourth-order valence-corrected chi connectivity index (χ4v) is 2.54. The highest BCUT2D eigenvalue weighted by Crippen LogP contribution is 2.23. The van der Waals surface area contributed by atoms with Crippen LogP contribution in [0, 0.1) is 17.0 Å². The summed E-state index contributed by atoms with van der Waals surface area (Å²) < 4.78 is 2.13. The van der Waals surface area contributed by atoms with Crippen LogP contribution in [0.4, 0.5) is 11.4 Å². The number of para-hydroxylation sites is 1. The third-order valence-electron chi connectivity index (χ3n) is 3.91. The van der Waals surface area contributed by atoms with Gasteiger partial charge in [0.15, 0.2) is 0 Å². The Bertz CT molecular complexity index is 895. The highest BCUT2D eigenvalue weighted by atomic mass is 16.6. The summed E-state index contributed by atoms with van der Waals surface area (Å²) in [5.74, 6) is 0. The molecule has 2 aromatic carbocycles. The van der Waals surface area contributed by atoms with Gasteiger partial charge in [-0.25, -0.2) is 0 Å². The first-order valence-corrected chi connectivity index (χ1v) is 7.15. The van der Waals surface area contributed by atoms with E-state index < -0.39 is 4.92 Å². The minimum atomic E-state index is -0.424. The number of aromatic nitrogens is 1. The molecule has 0 aliphatic rings. The fourth-order valence-electron chi connectivity index (χ4n) is 2.54. The first-order chi connectivity index (χ1) is 11.1. The Morgan fingerprint density at radius 1 is 1.17 bits per heavy atom. The molecule has 0 unspecified atom stereocenters. The van der Waals surface area contributed by atoms with Gasteiger partial charge in [0.25, 0.3) is 5.69 Å². The first kappa shape index (κ1) is 14.8. The van der Waals surface area contributed by atoms with Gasteiger partial charge in [-0.2, -0.15) is 5.10 Å². The fraction of sp³-hybridized carbons (Fsp3) is 0.118. The number of nitro groups is 1. The molecule has 23 heavy (non-hydrogen) atoms. The van der Waals surface area contributed by atoms with Crippen LogP contribution in [0.5, 0.6) is 0 Å². The monoisotopic (exact) mass is 308 g/mol. The second-order valence-electron chi connectivity index (χ2n) is 5.25. The van der Waals surface area contributed by atoms with E-state index >= 15 is 0 Å². The molecule has 0 spiro atoms. The summed E-state index contributed by atoms with van der Waals surface area (Å²) in [5, 5.41) is 16.0. The highest BCUT2D eigenvalue weighted by Gasteiger charge is 2.09. The zero-order valence-electron chi connectivity index (χ0n) is 12.9. The highest BCUT2D eigenvalue weighted by molar-refractivity contribution is 6.01. The average Bonchev–Trinajstić information content (AvgIpc) is 2.81. The van der Waals surface area contributed by atoms with Gasteiger partial charge in [0, 0.05) is 41.3 Å². The summed E-state index contributed by atoms with van der Waals surface area (Å²) in [6.45, 7) is 2.05. The molecule has 1 heterocycles. The molecule has 0 aliphatic carbocycles. The van der Waals surface area contributed by atoms with Crippen molar-refractivity contribution in [3.05, 3.63) is 69.9 Å². The Hall–Kier alpha value is -3.15. The number of nitrogens with one attached hydrogen (secondary N) is 1. The quantitative estimate of drug-likeness (QED) is 0.452. The zero-order valence-corrected chi connectivity index (χ0v) is 12.9. The molecule has 3 aromatic rings. The van der Waals surface area contributed by atoms with Crippen molar-refractivity contribution < 1.29 is 4.92 Å². The van der Waals surface area contributed by atoms with Crippen molar-refractivity contribution >= 4 is 28.5 Å². The lowest BCUT2D eigenvalue weighted by Gasteiger charge is -2.00. The Morgan fingerprint density at radius 2 is 1.87 bits per heavy atom. The lowest BCUT2D eigenvalue weighted by atomic mass is 10.1. The molecule has 6 heteroatoms. The second-order valence-corrected chi connectivity index (χ2v) is 5.25. The zero-order chi connectivity index (χ0) is 16.4. The molecule has 0 saturated heterocycles. The molecule has 0 saturated carbocycles. The van der Waals surface area contributed by atoms with E-state index in [9.17, 15) is 10.1 Å². The summed E-state index contributed by atoms with van der Waals surface area (Å²) in [5.41, 5.74) is 6.99. The van der Waals surface area contributed by atoms with Gasteiger partial charge in [-0.15, -0.1) is 0 Å². The maximum absolute atomic E-state index is 10.6. The van der Waals surface area contributed by atoms with Crippen LogP contribution >= 0.6 is 0 Å². The summed E-state index contributed by atoms with van der Waals surface area (Å²) in [6.07, 6.45) is 1.78. The third-order valence-corrected chi connectivity index (χ3v) is 3.91. The number of fused-ring (bicyclic) bond motifs is 1. The van der Waals surface area contributed by atoms with E-state index in [1.165, 1.54) is 12.1 Å². The second kappa shape index (κ2) is 5.92. The standard InChI is InChI=1S/C17H16N4O2/c1-12-16(15-5-3-4-6-17(15)20(12)2)11-18-19-13-7-9-14(10-8-13)21(22)23/h3-11,19H,1-2H3. The van der Waals surface area contributed by atoms with Crippen LogP contribution in [-0.2, 0) is 7.05 Å². The SMILES string of the molecule is Cc1c(C=NNc2ccc([N+](=O)[O-])cc2)c2ccccc2n1C. The number of hydrogen-bond donors (Lipinski definition) is 1. The molecule has 0 bridgehead atoms. The molecule has 3 rings (SSSR count). The van der Waals surface area contributed by atoms with Crippen molar-refractivity contribution in [2.45, 2.75) is 6.92 Å². The number of non-ortho nitro benzene ring substituents is 1. The van der Waals surface area contributed by atoms with Gasteiger partial charge in [0.05, 0.1) is 16.8 Å². The molecule has 0 atom stereocenters. The smallest absolute Gasteiger partial charge is 0.269 e. The van der Waals surface area contributed by atoms with Crippen molar-refractivity contribution in [3.63, 3.8) is 0 Å². The Balaban J connectivity index is 1.83. The molecule has 116 valence electrons. The van der Waals surface area contributed by atoms with E-state index in [2.05, 4.69) is 27.2 Å². The van der Waals surface area contributed by atoms with Crippen LogP contribution in [-0.4, -0.2) is 15.7 Å². The number of hydrogen-bond acceptors (Lipinski definition) is 4. The predicted molar refractivity (Wildman–Crippen MR) is 92.0 cm³/mol. The van der Waals surface area contributed by atoms with E-state index in [0.717, 1.165) is 22.2 Å². The summed E-state index contributed by atoms with van der Waals surface area (Å²) in [6, 6.07) is 14.3. The minimum absolute atomic E-state index is 0.0597. The summed E-state index contributed by atoms with van der Waals surface area (Å²) >= 11 is 0. The molecule has 6 nitrogen and oxygen atoms in total. The van der Waals surface area contributed by atoms with Gasteiger partial charge in [-0.1, -0.05) is 18.2 Å². The van der Waals surface area contributed by atoms with Crippen molar-refractivity contribution in [3.8, 4) is 0 Å². The average molecular weight is 308 g/mol. The van der Waals surface area contributed by atoms with Gasteiger partial charge >= 0.3 is 0 Å². The number of aryl methyl sites for hydroxylation is 1. The van der Waals surface area contributed by atoms with Crippen LogP contribution in [0.3, 0.4) is 0 Å². The minimum Gasteiger partial charge on any atom is -0.347 e. The molecule has 0 aliphatic heterocycles. The van der Waals surface area contributed by atoms with Crippen LogP contribution in [0.25, 0.3) is 10.9 Å². The summed E-state index contributed by atoms with van der Waals surface area (Å²) in [4.78, 5) is 10.2. The number of nitro benzene ring substituents is 1. The largest absolute Gasteiger partial charge is 0.347 e. The molecular weight excluding hydrogens is 292 g/mol. The topological polar surface area (TPSA) is 72.5 Å². The van der Waals surface area contributed by atoms with E-state index in [1.807, 2.05) is 26.1 Å². The van der Waals surface area contributed by atoms with E-state index in [4.69, 9.17) is 0 Å². The van der Waals surface area contributed by atoms with Crippen molar-refractivity contribution in [1.29, 1.82) is 0 Å². The van der Waals surface area contributed by atoms with E-state index in [1.54, 1.807) is 18.3 Å². The lowest BCUT2D eigenvalue weighted by Crippen LogP contribution is -1.94. The number of rotatable bonds is 4. The molecule has 0 radical (unpaired) electrons. The molecule has 0 fully saturated rings. The van der Waals surface area contributed by atoms with Gasteiger partial charge in [0.2, 0.25) is 0 Å². The number of nitrogens with zero attached hydrogens (tertiary/aromatic N) is 3. The summed E-state index contributed by atoms with van der Waals surface area (Å²) in [7, 11) is 2.03. The number of anilines is 1. The molecule has 0 amide bonds. The first-order valence-electron chi connectivity index (χ1n) is 7.15. The van der Waals surface area contributed by atoms with E-state index in [0.29, 0.717) is 5.69 Å². The third kappa shape index (κ3) is 2.78. The van der Waals surface area contributed by atoms with Gasteiger partial charge in [0.1, 0.15) is 0 Å². The molecule has 1 N–H and O–H groups in total. The lowest BCUT2D eigenvalue weighted by molar-refractivity contribution is -0.384. The van der Waals surface area contributed by atoms with Crippen LogP contribution in [0.1, 0.15) is 11.3 Å². The normalized spacial score (nSPS) is 11.2. The Morgan fingerprint density at radius 3 is 2.57 bits per heavy atom. The maximum Gasteiger partial charge on any atom is 0.269 e. The van der Waals surface area contributed by atoms with E-state index in [-0.39, 0.29) is 5.69 Å². The van der Waals surface area contributed by atoms with Crippen molar-refractivity contribution in [2.75, 3.05) is 5.43 Å². The number of hydrazone groups is 1. The van der Waals surface area contributed by atoms with Crippen LogP contribution in [0.15, 0.2) is 53.6 Å². The van der Waals surface area contributed by atoms with Gasteiger partial charge in [-0.05, 0) is 25.1 Å². The van der Waals surface area contributed by atoms with Gasteiger partial charge in [-0.3, -0.25) is 15.5 Å². The Kier molecular flexibility index (Phi) is 3.80. The maximum atomic E-state index is 10.6. The molecular formula is C17H16N4O2.